The molecule has 0 radical (unpaired) electrons. The van der Waals surface area contributed by atoms with Gasteiger partial charge in [-0.15, -0.1) is 10.2 Å². The summed E-state index contributed by atoms with van der Waals surface area (Å²) in [6.07, 6.45) is 8.42. The van der Waals surface area contributed by atoms with Crippen LogP contribution in [-0.2, 0) is 11.2 Å². The van der Waals surface area contributed by atoms with Gasteiger partial charge in [0.05, 0.1) is 5.41 Å². The molecule has 0 aliphatic heterocycles. The SMILES string of the molecule is O=C(O)C1(Cc2nnc3ncccn23)CCCCC1. The summed E-state index contributed by atoms with van der Waals surface area (Å²) < 4.78 is 1.78. The van der Waals surface area contributed by atoms with Gasteiger partial charge in [-0.25, -0.2) is 4.98 Å². The predicted molar refractivity (Wildman–Crippen MR) is 67.6 cm³/mol. The van der Waals surface area contributed by atoms with Crippen molar-refractivity contribution >= 4 is 11.7 Å². The number of hydrogen-bond acceptors (Lipinski definition) is 4. The van der Waals surface area contributed by atoms with Crippen LogP contribution in [0.15, 0.2) is 18.5 Å². The van der Waals surface area contributed by atoms with Crippen LogP contribution in [0, 0.1) is 5.41 Å². The van der Waals surface area contributed by atoms with Crippen LogP contribution in [0.3, 0.4) is 0 Å². The molecule has 1 aliphatic carbocycles. The first kappa shape index (κ1) is 12.1. The molecule has 2 aromatic heterocycles. The van der Waals surface area contributed by atoms with E-state index < -0.39 is 11.4 Å². The van der Waals surface area contributed by atoms with Crippen LogP contribution in [0.5, 0.6) is 0 Å². The standard InChI is InChI=1S/C13H16N4O2/c18-11(19)13(5-2-1-3-6-13)9-10-15-16-12-14-7-4-8-17(10)12/h4,7-8H,1-3,5-6,9H2,(H,18,19). The number of nitrogens with zero attached hydrogens (tertiary/aromatic N) is 4. The Bertz CT molecular complexity index is 601. The van der Waals surface area contributed by atoms with Crippen molar-refractivity contribution in [2.75, 3.05) is 0 Å². The maximum Gasteiger partial charge on any atom is 0.310 e. The molecule has 1 saturated carbocycles. The van der Waals surface area contributed by atoms with Crippen LogP contribution in [-0.4, -0.2) is 30.7 Å². The van der Waals surface area contributed by atoms with Gasteiger partial charge < -0.3 is 5.11 Å². The van der Waals surface area contributed by atoms with E-state index >= 15 is 0 Å². The lowest BCUT2D eigenvalue weighted by molar-refractivity contribution is -0.151. The summed E-state index contributed by atoms with van der Waals surface area (Å²) in [5.41, 5.74) is -0.683. The first-order chi connectivity index (χ1) is 9.21. The van der Waals surface area contributed by atoms with Gasteiger partial charge in [-0.05, 0) is 18.9 Å². The van der Waals surface area contributed by atoms with Crippen LogP contribution >= 0.6 is 0 Å². The van der Waals surface area contributed by atoms with Crippen molar-refractivity contribution in [3.8, 4) is 0 Å². The molecule has 1 N–H and O–H groups in total. The first-order valence-electron chi connectivity index (χ1n) is 6.59. The van der Waals surface area contributed by atoms with Gasteiger partial charge in [-0.3, -0.25) is 9.20 Å². The van der Waals surface area contributed by atoms with Crippen LogP contribution in [0.25, 0.3) is 5.78 Å². The van der Waals surface area contributed by atoms with Crippen molar-refractivity contribution in [1.29, 1.82) is 0 Å². The minimum atomic E-state index is -0.715. The average molecular weight is 260 g/mol. The normalized spacial score (nSPS) is 18.5. The number of aromatic nitrogens is 4. The third-order valence-electron chi connectivity index (χ3n) is 4.02. The van der Waals surface area contributed by atoms with E-state index in [1.165, 1.54) is 0 Å². The maximum atomic E-state index is 11.7. The van der Waals surface area contributed by atoms with E-state index in [9.17, 15) is 9.90 Å². The molecule has 2 heterocycles. The smallest absolute Gasteiger partial charge is 0.310 e. The van der Waals surface area contributed by atoms with Gasteiger partial charge in [0.2, 0.25) is 0 Å². The van der Waals surface area contributed by atoms with Crippen LogP contribution < -0.4 is 0 Å². The molecule has 0 aromatic carbocycles. The highest BCUT2D eigenvalue weighted by Gasteiger charge is 2.40. The van der Waals surface area contributed by atoms with E-state index in [1.807, 2.05) is 6.20 Å². The summed E-state index contributed by atoms with van der Waals surface area (Å²) in [5.74, 6) is 0.495. The molecule has 0 atom stereocenters. The van der Waals surface area contributed by atoms with E-state index in [1.54, 1.807) is 16.7 Å². The highest BCUT2D eigenvalue weighted by Crippen LogP contribution is 2.39. The number of carbonyl (C=O) groups is 1. The second-order valence-corrected chi connectivity index (χ2v) is 5.23. The zero-order valence-electron chi connectivity index (χ0n) is 10.6. The zero-order valence-corrected chi connectivity index (χ0v) is 10.6. The number of rotatable bonds is 3. The molecule has 19 heavy (non-hydrogen) atoms. The van der Waals surface area contributed by atoms with Gasteiger partial charge in [0.15, 0.2) is 0 Å². The second-order valence-electron chi connectivity index (χ2n) is 5.23. The lowest BCUT2D eigenvalue weighted by Crippen LogP contribution is -2.36. The molecule has 6 nitrogen and oxygen atoms in total. The van der Waals surface area contributed by atoms with Crippen molar-refractivity contribution < 1.29 is 9.90 Å². The number of carboxylic acid groups (broad SMARTS) is 1. The van der Waals surface area contributed by atoms with Crippen molar-refractivity contribution in [1.82, 2.24) is 19.6 Å². The maximum absolute atomic E-state index is 11.7. The Morgan fingerprint density at radius 3 is 2.84 bits per heavy atom. The molecule has 0 unspecified atom stereocenters. The number of hydrogen-bond donors (Lipinski definition) is 1. The lowest BCUT2D eigenvalue weighted by Gasteiger charge is -2.32. The van der Waals surface area contributed by atoms with Gasteiger partial charge in [-0.2, -0.15) is 0 Å². The summed E-state index contributed by atoms with van der Waals surface area (Å²) in [7, 11) is 0. The zero-order chi connectivity index (χ0) is 13.3. The molecular formula is C13H16N4O2. The molecule has 1 aliphatic rings. The van der Waals surface area contributed by atoms with E-state index in [2.05, 4.69) is 15.2 Å². The lowest BCUT2D eigenvalue weighted by atomic mass is 9.71. The molecule has 3 rings (SSSR count). The minimum absolute atomic E-state index is 0.426. The molecular weight excluding hydrogens is 244 g/mol. The summed E-state index contributed by atoms with van der Waals surface area (Å²) >= 11 is 0. The van der Waals surface area contributed by atoms with Crippen molar-refractivity contribution in [2.24, 2.45) is 5.41 Å². The summed E-state index contributed by atoms with van der Waals surface area (Å²) in [5, 5.41) is 17.7. The molecule has 100 valence electrons. The highest BCUT2D eigenvalue weighted by atomic mass is 16.4. The first-order valence-corrected chi connectivity index (χ1v) is 6.59. The number of fused-ring (bicyclic) bond motifs is 1. The fraction of sp³-hybridized carbons (Fsp3) is 0.538. The quantitative estimate of drug-likeness (QED) is 0.908. The minimum Gasteiger partial charge on any atom is -0.481 e. The van der Waals surface area contributed by atoms with E-state index in [0.29, 0.717) is 18.0 Å². The summed E-state index contributed by atoms with van der Waals surface area (Å²) in [4.78, 5) is 15.8. The van der Waals surface area contributed by atoms with Crippen molar-refractivity contribution in [3.63, 3.8) is 0 Å². The Hall–Kier alpha value is -1.98. The Balaban J connectivity index is 1.96. The second kappa shape index (κ2) is 4.60. The van der Waals surface area contributed by atoms with E-state index in [-0.39, 0.29) is 0 Å². The van der Waals surface area contributed by atoms with Crippen LogP contribution in [0.1, 0.15) is 37.9 Å². The predicted octanol–water partition coefficient (Wildman–Crippen LogP) is 1.70. The molecule has 6 heteroatoms. The van der Waals surface area contributed by atoms with Crippen molar-refractivity contribution in [2.45, 2.75) is 38.5 Å². The molecule has 2 aromatic rings. The van der Waals surface area contributed by atoms with Crippen molar-refractivity contribution in [3.05, 3.63) is 24.3 Å². The largest absolute Gasteiger partial charge is 0.481 e. The molecule has 0 amide bonds. The van der Waals surface area contributed by atoms with Gasteiger partial charge in [0.1, 0.15) is 5.82 Å². The Morgan fingerprint density at radius 2 is 2.11 bits per heavy atom. The van der Waals surface area contributed by atoms with Gasteiger partial charge in [0, 0.05) is 18.8 Å². The monoisotopic (exact) mass is 260 g/mol. The number of carboxylic acids is 1. The fourth-order valence-electron chi connectivity index (χ4n) is 2.91. The summed E-state index contributed by atoms with van der Waals surface area (Å²) in [6.45, 7) is 0. The Morgan fingerprint density at radius 1 is 1.32 bits per heavy atom. The molecule has 0 spiro atoms. The van der Waals surface area contributed by atoms with E-state index in [0.717, 1.165) is 32.1 Å². The summed E-state index contributed by atoms with van der Waals surface area (Å²) in [6, 6.07) is 1.80. The van der Waals surface area contributed by atoms with Crippen LogP contribution in [0.2, 0.25) is 0 Å². The third kappa shape index (κ3) is 2.07. The topological polar surface area (TPSA) is 80.4 Å². The fourth-order valence-corrected chi connectivity index (χ4v) is 2.91. The molecule has 0 bridgehead atoms. The molecule has 0 saturated heterocycles. The highest BCUT2D eigenvalue weighted by molar-refractivity contribution is 5.75. The Kier molecular flexibility index (Phi) is 2.93. The average Bonchev–Trinajstić information content (AvgIpc) is 2.83. The van der Waals surface area contributed by atoms with Gasteiger partial charge in [0.25, 0.3) is 5.78 Å². The Labute approximate surface area is 110 Å². The van der Waals surface area contributed by atoms with Crippen LogP contribution in [0.4, 0.5) is 0 Å². The molecule has 1 fully saturated rings. The third-order valence-corrected chi connectivity index (χ3v) is 4.02. The van der Waals surface area contributed by atoms with Gasteiger partial charge >= 0.3 is 5.97 Å². The van der Waals surface area contributed by atoms with Gasteiger partial charge in [-0.1, -0.05) is 19.3 Å². The number of aliphatic carboxylic acids is 1. The van der Waals surface area contributed by atoms with E-state index in [4.69, 9.17) is 0 Å².